The maximum Gasteiger partial charge on any atom is 0.226 e. The Bertz CT molecular complexity index is 572. The highest BCUT2D eigenvalue weighted by molar-refractivity contribution is 9.10. The molecule has 2 rings (SSSR count). The van der Waals surface area contributed by atoms with E-state index in [-0.39, 0.29) is 0 Å². The third kappa shape index (κ3) is 4.54. The lowest BCUT2D eigenvalue weighted by Gasteiger charge is -2.12. The van der Waals surface area contributed by atoms with Gasteiger partial charge in [0.25, 0.3) is 0 Å². The Hall–Kier alpha value is -1.40. The SMILES string of the molecule is CCCc1nc(COc2c(Br)cccc2CNCC)no1. The summed E-state index contributed by atoms with van der Waals surface area (Å²) in [6.07, 6.45) is 1.78. The maximum absolute atomic E-state index is 5.87. The van der Waals surface area contributed by atoms with Crippen LogP contribution in [0, 0.1) is 0 Å². The van der Waals surface area contributed by atoms with Crippen LogP contribution in [0.5, 0.6) is 5.75 Å². The fourth-order valence-electron chi connectivity index (χ4n) is 1.91. The van der Waals surface area contributed by atoms with E-state index in [0.29, 0.717) is 18.3 Å². The van der Waals surface area contributed by atoms with Gasteiger partial charge in [-0.05, 0) is 35.0 Å². The van der Waals surface area contributed by atoms with Crippen molar-refractivity contribution in [1.29, 1.82) is 0 Å². The molecule has 2 aromatic rings. The van der Waals surface area contributed by atoms with Gasteiger partial charge in [-0.25, -0.2) is 0 Å². The van der Waals surface area contributed by atoms with Crippen molar-refractivity contribution < 1.29 is 9.26 Å². The smallest absolute Gasteiger partial charge is 0.226 e. The Balaban J connectivity index is 2.04. The molecule has 1 heterocycles. The number of ether oxygens (including phenoxy) is 1. The van der Waals surface area contributed by atoms with Gasteiger partial charge >= 0.3 is 0 Å². The first-order valence-corrected chi connectivity index (χ1v) is 7.96. The van der Waals surface area contributed by atoms with Gasteiger partial charge in [-0.15, -0.1) is 0 Å². The summed E-state index contributed by atoms with van der Waals surface area (Å²) in [5.41, 5.74) is 1.10. The van der Waals surface area contributed by atoms with Crippen LogP contribution in [0.4, 0.5) is 0 Å². The summed E-state index contributed by atoms with van der Waals surface area (Å²) < 4.78 is 12.0. The van der Waals surface area contributed by atoms with Crippen molar-refractivity contribution in [2.45, 2.75) is 39.8 Å². The number of aromatic nitrogens is 2. The molecule has 1 aromatic heterocycles. The number of nitrogens with one attached hydrogen (secondary N) is 1. The van der Waals surface area contributed by atoms with Gasteiger partial charge < -0.3 is 14.6 Å². The highest BCUT2D eigenvalue weighted by atomic mass is 79.9. The standard InChI is InChI=1S/C15H20BrN3O2/c1-3-6-14-18-13(19-21-14)10-20-15-11(9-17-4-2)7-5-8-12(15)16/h5,7-8,17H,3-4,6,9-10H2,1-2H3. The summed E-state index contributed by atoms with van der Waals surface area (Å²) in [5, 5.41) is 7.23. The van der Waals surface area contributed by atoms with Gasteiger partial charge in [0.1, 0.15) is 5.75 Å². The zero-order valence-corrected chi connectivity index (χ0v) is 13.9. The van der Waals surface area contributed by atoms with Gasteiger partial charge in [0, 0.05) is 18.5 Å². The van der Waals surface area contributed by atoms with E-state index in [4.69, 9.17) is 9.26 Å². The minimum absolute atomic E-state index is 0.301. The Kier molecular flexibility index (Phi) is 6.20. The molecule has 0 spiro atoms. The van der Waals surface area contributed by atoms with E-state index in [9.17, 15) is 0 Å². The number of hydrogen-bond acceptors (Lipinski definition) is 5. The molecule has 5 nitrogen and oxygen atoms in total. The number of hydrogen-bond donors (Lipinski definition) is 1. The van der Waals surface area contributed by atoms with Crippen LogP contribution in [0.25, 0.3) is 0 Å². The topological polar surface area (TPSA) is 60.2 Å². The van der Waals surface area contributed by atoms with Crippen LogP contribution < -0.4 is 10.1 Å². The first-order valence-electron chi connectivity index (χ1n) is 7.17. The Morgan fingerprint density at radius 2 is 2.19 bits per heavy atom. The van der Waals surface area contributed by atoms with Crippen LogP contribution in [0.3, 0.4) is 0 Å². The van der Waals surface area contributed by atoms with Gasteiger partial charge in [-0.1, -0.05) is 31.1 Å². The van der Waals surface area contributed by atoms with Crippen LogP contribution in [-0.4, -0.2) is 16.7 Å². The molecule has 0 radical (unpaired) electrons. The molecule has 1 aromatic carbocycles. The van der Waals surface area contributed by atoms with Gasteiger partial charge in [-0.3, -0.25) is 0 Å². The summed E-state index contributed by atoms with van der Waals surface area (Å²) in [4.78, 5) is 4.30. The number of halogens is 1. The predicted octanol–water partition coefficient (Wildman–Crippen LogP) is 3.47. The lowest BCUT2D eigenvalue weighted by atomic mass is 10.2. The van der Waals surface area contributed by atoms with Gasteiger partial charge in [0.05, 0.1) is 4.47 Å². The van der Waals surface area contributed by atoms with Crippen LogP contribution in [-0.2, 0) is 19.6 Å². The summed E-state index contributed by atoms with van der Waals surface area (Å²) in [6.45, 7) is 6.13. The monoisotopic (exact) mass is 353 g/mol. The molecular formula is C15H20BrN3O2. The van der Waals surface area contributed by atoms with Crippen molar-refractivity contribution in [3.63, 3.8) is 0 Å². The third-order valence-electron chi connectivity index (χ3n) is 2.93. The number of benzene rings is 1. The molecular weight excluding hydrogens is 334 g/mol. The number of nitrogens with zero attached hydrogens (tertiary/aromatic N) is 2. The van der Waals surface area contributed by atoms with Gasteiger partial charge in [-0.2, -0.15) is 4.98 Å². The van der Waals surface area contributed by atoms with Crippen LogP contribution in [0.2, 0.25) is 0 Å². The van der Waals surface area contributed by atoms with Gasteiger partial charge in [0.2, 0.25) is 11.7 Å². The molecule has 0 aliphatic heterocycles. The minimum Gasteiger partial charge on any atom is -0.484 e. The molecule has 0 aliphatic rings. The van der Waals surface area contributed by atoms with Crippen LogP contribution >= 0.6 is 15.9 Å². The molecule has 0 unspecified atom stereocenters. The third-order valence-corrected chi connectivity index (χ3v) is 3.56. The quantitative estimate of drug-likeness (QED) is 0.787. The number of rotatable bonds is 8. The summed E-state index contributed by atoms with van der Waals surface area (Å²) in [5.74, 6) is 2.06. The van der Waals surface area contributed by atoms with Crippen molar-refractivity contribution in [2.24, 2.45) is 0 Å². The van der Waals surface area contributed by atoms with Gasteiger partial charge in [0.15, 0.2) is 6.61 Å². The highest BCUT2D eigenvalue weighted by Gasteiger charge is 2.11. The van der Waals surface area contributed by atoms with E-state index in [1.54, 1.807) is 0 Å². The molecule has 114 valence electrons. The molecule has 21 heavy (non-hydrogen) atoms. The zero-order valence-electron chi connectivity index (χ0n) is 12.4. The van der Waals surface area contributed by atoms with Crippen molar-refractivity contribution >= 4 is 15.9 Å². The Morgan fingerprint density at radius 1 is 1.33 bits per heavy atom. The molecule has 0 amide bonds. The van der Waals surface area contributed by atoms with Crippen LogP contribution in [0.15, 0.2) is 27.2 Å². The van der Waals surface area contributed by atoms with E-state index >= 15 is 0 Å². The van der Waals surface area contributed by atoms with E-state index in [1.807, 2.05) is 18.2 Å². The molecule has 0 fully saturated rings. The second-order valence-corrected chi connectivity index (χ2v) is 5.51. The van der Waals surface area contributed by atoms with E-state index in [0.717, 1.165) is 41.7 Å². The number of aryl methyl sites for hydroxylation is 1. The summed E-state index contributed by atoms with van der Waals surface area (Å²) in [7, 11) is 0. The molecule has 0 saturated heterocycles. The first kappa shape index (κ1) is 16.0. The average molecular weight is 354 g/mol. The largest absolute Gasteiger partial charge is 0.484 e. The maximum atomic E-state index is 5.87. The fourth-order valence-corrected chi connectivity index (χ4v) is 2.44. The normalized spacial score (nSPS) is 10.8. The van der Waals surface area contributed by atoms with Crippen molar-refractivity contribution in [1.82, 2.24) is 15.5 Å². The van der Waals surface area contributed by atoms with Crippen molar-refractivity contribution in [3.8, 4) is 5.75 Å². The lowest BCUT2D eigenvalue weighted by molar-refractivity contribution is 0.280. The second kappa shape index (κ2) is 8.14. The Morgan fingerprint density at radius 3 is 2.95 bits per heavy atom. The molecule has 0 bridgehead atoms. The lowest BCUT2D eigenvalue weighted by Crippen LogP contribution is -2.13. The predicted molar refractivity (Wildman–Crippen MR) is 84.1 cm³/mol. The fraction of sp³-hybridized carbons (Fsp3) is 0.467. The van der Waals surface area contributed by atoms with E-state index < -0.39 is 0 Å². The molecule has 0 atom stereocenters. The molecule has 1 N–H and O–H groups in total. The van der Waals surface area contributed by atoms with Crippen molar-refractivity contribution in [2.75, 3.05) is 6.54 Å². The minimum atomic E-state index is 0.301. The highest BCUT2D eigenvalue weighted by Crippen LogP contribution is 2.29. The summed E-state index contributed by atoms with van der Waals surface area (Å²) in [6, 6.07) is 6.00. The average Bonchev–Trinajstić information content (AvgIpc) is 2.92. The Labute approximate surface area is 133 Å². The van der Waals surface area contributed by atoms with Crippen LogP contribution in [0.1, 0.15) is 37.5 Å². The van der Waals surface area contributed by atoms with Crippen molar-refractivity contribution in [3.05, 3.63) is 40.0 Å². The summed E-state index contributed by atoms with van der Waals surface area (Å²) >= 11 is 3.53. The zero-order chi connectivity index (χ0) is 15.1. The van der Waals surface area contributed by atoms with E-state index in [2.05, 4.69) is 45.2 Å². The molecule has 0 aliphatic carbocycles. The molecule has 0 saturated carbocycles. The first-order chi connectivity index (χ1) is 10.2. The van der Waals surface area contributed by atoms with E-state index in [1.165, 1.54) is 0 Å². The second-order valence-electron chi connectivity index (χ2n) is 4.65. The number of para-hydroxylation sites is 1. The molecule has 6 heteroatoms.